The number of aryl methyl sites for hydroxylation is 1. The average Bonchev–Trinajstić information content (AvgIpc) is 2.73. The summed E-state index contributed by atoms with van der Waals surface area (Å²) in [6.45, 7) is -0.313. The fraction of sp³-hybridized carbons (Fsp3) is 0.625. The SMILES string of the molecule is Cc1cc(OC(F)F)c(C(=O)N2CCCC(N(C)CC(=O)O)CC2)s1. The van der Waals surface area contributed by atoms with Gasteiger partial charge in [-0.25, -0.2) is 0 Å². The quantitative estimate of drug-likeness (QED) is 0.827. The molecule has 0 bridgehead atoms. The largest absolute Gasteiger partial charge is 0.480 e. The van der Waals surface area contributed by atoms with E-state index in [-0.39, 0.29) is 29.1 Å². The van der Waals surface area contributed by atoms with Gasteiger partial charge in [-0.1, -0.05) is 0 Å². The predicted molar refractivity (Wildman–Crippen MR) is 89.5 cm³/mol. The van der Waals surface area contributed by atoms with Crippen LogP contribution in [0.1, 0.15) is 33.8 Å². The number of carbonyl (C=O) groups excluding carboxylic acids is 1. The fourth-order valence-electron chi connectivity index (χ4n) is 3.03. The molecule has 0 aromatic carbocycles. The van der Waals surface area contributed by atoms with Crippen molar-refractivity contribution in [2.24, 2.45) is 0 Å². The summed E-state index contributed by atoms with van der Waals surface area (Å²) < 4.78 is 29.5. The molecule has 2 rings (SSSR count). The van der Waals surface area contributed by atoms with Crippen LogP contribution in [0.5, 0.6) is 5.75 Å². The van der Waals surface area contributed by atoms with Crippen molar-refractivity contribution < 1.29 is 28.2 Å². The predicted octanol–water partition coefficient (Wildman–Crippen LogP) is 2.67. The lowest BCUT2D eigenvalue weighted by molar-refractivity contribution is -0.138. The van der Waals surface area contributed by atoms with E-state index >= 15 is 0 Å². The minimum Gasteiger partial charge on any atom is -0.480 e. The van der Waals surface area contributed by atoms with E-state index in [0.717, 1.165) is 29.1 Å². The third-order valence-electron chi connectivity index (χ3n) is 4.22. The average molecular weight is 376 g/mol. The first-order valence-corrected chi connectivity index (χ1v) is 8.86. The van der Waals surface area contributed by atoms with Gasteiger partial charge in [0.1, 0.15) is 10.6 Å². The highest BCUT2D eigenvalue weighted by molar-refractivity contribution is 7.14. The Balaban J connectivity index is 2.05. The van der Waals surface area contributed by atoms with E-state index in [1.54, 1.807) is 23.8 Å². The summed E-state index contributed by atoms with van der Waals surface area (Å²) in [7, 11) is 1.76. The molecule has 0 aliphatic carbocycles. The van der Waals surface area contributed by atoms with Crippen molar-refractivity contribution in [2.45, 2.75) is 38.8 Å². The summed E-state index contributed by atoms with van der Waals surface area (Å²) in [4.78, 5) is 27.9. The van der Waals surface area contributed by atoms with Gasteiger partial charge in [-0.15, -0.1) is 11.3 Å². The highest BCUT2D eigenvalue weighted by atomic mass is 32.1. The Kier molecular flexibility index (Phi) is 6.71. The topological polar surface area (TPSA) is 70.1 Å². The third-order valence-corrected chi connectivity index (χ3v) is 5.24. The number of likely N-dealkylation sites (tertiary alicyclic amines) is 1. The number of thiophene rings is 1. The van der Waals surface area contributed by atoms with E-state index in [4.69, 9.17) is 5.11 Å². The molecule has 1 amide bonds. The van der Waals surface area contributed by atoms with Crippen molar-refractivity contribution in [3.05, 3.63) is 15.8 Å². The number of hydrogen-bond acceptors (Lipinski definition) is 5. The summed E-state index contributed by atoms with van der Waals surface area (Å²) >= 11 is 1.14. The second kappa shape index (κ2) is 8.57. The zero-order chi connectivity index (χ0) is 18.6. The molecule has 0 spiro atoms. The first-order valence-electron chi connectivity index (χ1n) is 8.04. The second-order valence-electron chi connectivity index (χ2n) is 6.11. The Labute approximate surface area is 149 Å². The molecule has 25 heavy (non-hydrogen) atoms. The Bertz CT molecular complexity index is 623. The maximum absolute atomic E-state index is 12.7. The normalized spacial score (nSPS) is 18.5. The number of likely N-dealkylation sites (N-methyl/N-ethyl adjacent to an activating group) is 1. The van der Waals surface area contributed by atoms with Gasteiger partial charge in [-0.2, -0.15) is 8.78 Å². The zero-order valence-corrected chi connectivity index (χ0v) is 15.0. The minimum atomic E-state index is -2.97. The smallest absolute Gasteiger partial charge is 0.387 e. The molecule has 1 aliphatic heterocycles. The number of alkyl halides is 2. The third kappa shape index (κ3) is 5.37. The van der Waals surface area contributed by atoms with Gasteiger partial charge in [0.15, 0.2) is 0 Å². The molecule has 1 fully saturated rings. The molecule has 1 aliphatic rings. The van der Waals surface area contributed by atoms with E-state index in [9.17, 15) is 18.4 Å². The number of aliphatic carboxylic acids is 1. The number of carbonyl (C=O) groups is 2. The van der Waals surface area contributed by atoms with E-state index in [1.165, 1.54) is 6.07 Å². The Morgan fingerprint density at radius 2 is 2.16 bits per heavy atom. The number of carboxylic acids is 1. The second-order valence-corrected chi connectivity index (χ2v) is 7.37. The van der Waals surface area contributed by atoms with Crippen LogP contribution in [-0.4, -0.2) is 66.1 Å². The number of halogens is 2. The standard InChI is InChI=1S/C16H22F2N2O4S/c1-10-8-12(24-16(17)18)14(25-10)15(23)20-6-3-4-11(5-7-20)19(2)9-13(21)22/h8,11,16H,3-7,9H2,1-2H3,(H,21,22). The Morgan fingerprint density at radius 3 is 2.80 bits per heavy atom. The highest BCUT2D eigenvalue weighted by Crippen LogP contribution is 2.32. The van der Waals surface area contributed by atoms with Crippen molar-refractivity contribution in [2.75, 3.05) is 26.7 Å². The van der Waals surface area contributed by atoms with Crippen molar-refractivity contribution in [3.8, 4) is 5.75 Å². The molecule has 1 aromatic heterocycles. The van der Waals surface area contributed by atoms with Crippen LogP contribution in [0, 0.1) is 6.92 Å². The van der Waals surface area contributed by atoms with Gasteiger partial charge in [0, 0.05) is 24.0 Å². The van der Waals surface area contributed by atoms with Crippen LogP contribution in [0.25, 0.3) is 0 Å². The molecular formula is C16H22F2N2O4S. The molecule has 9 heteroatoms. The number of nitrogens with zero attached hydrogens (tertiary/aromatic N) is 2. The van der Waals surface area contributed by atoms with E-state index < -0.39 is 12.6 Å². The molecule has 0 saturated carbocycles. The molecule has 1 saturated heterocycles. The van der Waals surface area contributed by atoms with E-state index in [0.29, 0.717) is 19.5 Å². The van der Waals surface area contributed by atoms with Gasteiger partial charge >= 0.3 is 12.6 Å². The molecule has 2 heterocycles. The summed E-state index contributed by atoms with van der Waals surface area (Å²) in [6, 6.07) is 1.53. The zero-order valence-electron chi connectivity index (χ0n) is 14.2. The molecule has 1 atom stereocenters. The number of hydrogen-bond donors (Lipinski definition) is 1. The number of ether oxygens (including phenoxy) is 1. The van der Waals surface area contributed by atoms with Gasteiger partial charge in [0.25, 0.3) is 5.91 Å². The van der Waals surface area contributed by atoms with Gasteiger partial charge < -0.3 is 14.7 Å². The van der Waals surface area contributed by atoms with Gasteiger partial charge in [0.05, 0.1) is 6.54 Å². The molecule has 140 valence electrons. The molecule has 6 nitrogen and oxygen atoms in total. The van der Waals surface area contributed by atoms with Crippen LogP contribution in [0.15, 0.2) is 6.07 Å². The highest BCUT2D eigenvalue weighted by Gasteiger charge is 2.28. The van der Waals surface area contributed by atoms with Crippen LogP contribution >= 0.6 is 11.3 Å². The maximum atomic E-state index is 12.7. The Hall–Kier alpha value is -1.74. The van der Waals surface area contributed by atoms with E-state index in [2.05, 4.69) is 4.74 Å². The molecule has 1 aromatic rings. The summed E-state index contributed by atoms with van der Waals surface area (Å²) in [6.07, 6.45) is 2.16. The monoisotopic (exact) mass is 376 g/mol. The number of carboxylic acid groups (broad SMARTS) is 1. The van der Waals surface area contributed by atoms with Gasteiger partial charge in [0.2, 0.25) is 0 Å². The number of amides is 1. The lowest BCUT2D eigenvalue weighted by atomic mass is 10.1. The van der Waals surface area contributed by atoms with Crippen molar-refractivity contribution in [1.29, 1.82) is 0 Å². The molecule has 1 unspecified atom stereocenters. The van der Waals surface area contributed by atoms with Crippen molar-refractivity contribution >= 4 is 23.2 Å². The van der Waals surface area contributed by atoms with Crippen LogP contribution in [0.4, 0.5) is 8.78 Å². The first-order chi connectivity index (χ1) is 11.8. The maximum Gasteiger partial charge on any atom is 0.387 e. The van der Waals surface area contributed by atoms with E-state index in [1.807, 2.05) is 0 Å². The number of rotatable bonds is 6. The summed E-state index contributed by atoms with van der Waals surface area (Å²) in [5.41, 5.74) is 0. The van der Waals surface area contributed by atoms with Crippen molar-refractivity contribution in [3.63, 3.8) is 0 Å². The lowest BCUT2D eigenvalue weighted by Crippen LogP contribution is -2.37. The summed E-state index contributed by atoms with van der Waals surface area (Å²) in [5.74, 6) is -1.27. The molecular weight excluding hydrogens is 354 g/mol. The lowest BCUT2D eigenvalue weighted by Gasteiger charge is -2.25. The van der Waals surface area contributed by atoms with Crippen LogP contribution < -0.4 is 4.74 Å². The minimum absolute atomic E-state index is 0.0465. The van der Waals surface area contributed by atoms with Crippen molar-refractivity contribution in [1.82, 2.24) is 9.80 Å². The van der Waals surface area contributed by atoms with Crippen LogP contribution in [-0.2, 0) is 4.79 Å². The van der Waals surface area contributed by atoms with Gasteiger partial charge in [-0.3, -0.25) is 14.5 Å². The molecule has 1 N–H and O–H groups in total. The molecule has 0 radical (unpaired) electrons. The van der Waals surface area contributed by atoms with Crippen LogP contribution in [0.3, 0.4) is 0 Å². The van der Waals surface area contributed by atoms with Gasteiger partial charge in [-0.05, 0) is 39.3 Å². The van der Waals surface area contributed by atoms with Crippen LogP contribution in [0.2, 0.25) is 0 Å². The first kappa shape index (κ1) is 19.6. The summed E-state index contributed by atoms with van der Waals surface area (Å²) in [5, 5.41) is 8.90. The fourth-order valence-corrected chi connectivity index (χ4v) is 3.94. The Morgan fingerprint density at radius 1 is 1.44 bits per heavy atom.